The van der Waals surface area contributed by atoms with Crippen LogP contribution in [0.1, 0.15) is 39.2 Å². The van der Waals surface area contributed by atoms with E-state index in [0.717, 1.165) is 5.56 Å². The summed E-state index contributed by atoms with van der Waals surface area (Å²) < 4.78 is 45.2. The van der Waals surface area contributed by atoms with Gasteiger partial charge in [0.05, 0.1) is 18.6 Å². The van der Waals surface area contributed by atoms with Crippen LogP contribution >= 0.6 is 0 Å². The molecule has 0 aliphatic heterocycles. The van der Waals surface area contributed by atoms with E-state index in [1.807, 2.05) is 0 Å². The fourth-order valence-corrected chi connectivity index (χ4v) is 2.88. The van der Waals surface area contributed by atoms with Crippen molar-refractivity contribution in [2.24, 2.45) is 5.92 Å². The van der Waals surface area contributed by atoms with Gasteiger partial charge in [-0.2, -0.15) is 8.42 Å². The van der Waals surface area contributed by atoms with Crippen molar-refractivity contribution in [2.75, 3.05) is 12.9 Å². The van der Waals surface area contributed by atoms with Crippen molar-refractivity contribution < 1.29 is 41.9 Å². The van der Waals surface area contributed by atoms with Gasteiger partial charge in [-0.3, -0.25) is 14.1 Å². The molecule has 2 N–H and O–H groups in total. The Balaban J connectivity index is 2.71. The zero-order chi connectivity index (χ0) is 22.2. The molecule has 0 radical (unpaired) electrons. The van der Waals surface area contributed by atoms with Crippen molar-refractivity contribution in [2.45, 2.75) is 51.9 Å². The maximum Gasteiger partial charge on any atom is 0.312 e. The third kappa shape index (κ3) is 10.9. The van der Waals surface area contributed by atoms with Crippen LogP contribution in [0.4, 0.5) is 0 Å². The first-order valence-corrected chi connectivity index (χ1v) is 10.6. The summed E-state index contributed by atoms with van der Waals surface area (Å²) in [4.78, 5) is 23.7. The smallest absolute Gasteiger partial charge is 0.312 e. The van der Waals surface area contributed by atoms with E-state index in [0.29, 0.717) is 6.42 Å². The quantitative estimate of drug-likeness (QED) is 0.245. The molecule has 29 heavy (non-hydrogen) atoms. The van der Waals surface area contributed by atoms with E-state index in [4.69, 9.17) is 18.8 Å². The fraction of sp³-hybridized carbons (Fsp3) is 0.579. The normalized spacial score (nSPS) is 14.1. The maximum absolute atomic E-state index is 12.1. The lowest BCUT2D eigenvalue weighted by Crippen LogP contribution is -2.31. The first kappa shape index (κ1) is 25.0. The van der Waals surface area contributed by atoms with Crippen molar-refractivity contribution in [3.8, 4) is 5.75 Å². The molecular formula is C19H28O9S. The van der Waals surface area contributed by atoms with Crippen molar-refractivity contribution >= 4 is 22.1 Å². The average molecular weight is 432 g/mol. The highest BCUT2D eigenvalue weighted by molar-refractivity contribution is 7.85. The molecule has 9 nitrogen and oxygen atoms in total. The fourth-order valence-electron chi connectivity index (χ4n) is 2.45. The largest absolute Gasteiger partial charge is 0.460 e. The molecule has 0 aromatic heterocycles. The van der Waals surface area contributed by atoms with Gasteiger partial charge in [0.15, 0.2) is 6.29 Å². The van der Waals surface area contributed by atoms with Crippen LogP contribution in [0.3, 0.4) is 0 Å². The molecule has 164 valence electrons. The lowest BCUT2D eigenvalue weighted by molar-refractivity contribution is -0.163. The lowest BCUT2D eigenvalue weighted by atomic mass is 9.95. The molecule has 0 aliphatic carbocycles. The van der Waals surface area contributed by atoms with Crippen molar-refractivity contribution in [3.63, 3.8) is 0 Å². The first-order valence-electron chi connectivity index (χ1n) is 8.96. The van der Waals surface area contributed by atoms with E-state index >= 15 is 0 Å². The summed E-state index contributed by atoms with van der Waals surface area (Å²) in [7, 11) is -2.90. The van der Waals surface area contributed by atoms with Gasteiger partial charge in [0, 0.05) is 13.0 Å². The van der Waals surface area contributed by atoms with Gasteiger partial charge in [-0.1, -0.05) is 12.1 Å². The predicted octanol–water partition coefficient (Wildman–Crippen LogP) is 1.73. The van der Waals surface area contributed by atoms with Gasteiger partial charge in [0.25, 0.3) is 10.1 Å². The monoisotopic (exact) mass is 432 g/mol. The third-order valence-corrected chi connectivity index (χ3v) is 4.43. The summed E-state index contributed by atoms with van der Waals surface area (Å²) in [5.74, 6) is -2.32. The third-order valence-electron chi connectivity index (χ3n) is 3.71. The second-order valence-electron chi connectivity index (χ2n) is 7.54. The minimum Gasteiger partial charge on any atom is -0.460 e. The van der Waals surface area contributed by atoms with Gasteiger partial charge < -0.3 is 19.3 Å². The zero-order valence-corrected chi connectivity index (χ0v) is 17.8. The Morgan fingerprint density at radius 3 is 2.17 bits per heavy atom. The van der Waals surface area contributed by atoms with Gasteiger partial charge in [-0.15, -0.1) is 0 Å². The zero-order valence-electron chi connectivity index (χ0n) is 17.0. The maximum atomic E-state index is 12.1. The summed E-state index contributed by atoms with van der Waals surface area (Å²) in [6, 6.07) is 6.31. The van der Waals surface area contributed by atoms with Gasteiger partial charge in [0.1, 0.15) is 11.4 Å². The number of esters is 2. The minimum atomic E-state index is -4.24. The first-order chi connectivity index (χ1) is 13.3. The average Bonchev–Trinajstić information content (AvgIpc) is 2.58. The molecule has 0 bridgehead atoms. The van der Waals surface area contributed by atoms with E-state index in [9.17, 15) is 23.1 Å². The van der Waals surface area contributed by atoms with E-state index < -0.39 is 52.0 Å². The highest BCUT2D eigenvalue weighted by Gasteiger charge is 2.26. The summed E-state index contributed by atoms with van der Waals surface area (Å²) in [5, 5.41) is 10.1. The summed E-state index contributed by atoms with van der Waals surface area (Å²) in [6.07, 6.45) is -1.37. The van der Waals surface area contributed by atoms with Crippen molar-refractivity contribution in [1.29, 1.82) is 0 Å². The highest BCUT2D eigenvalue weighted by atomic mass is 32.2. The Labute approximate surface area is 170 Å². The van der Waals surface area contributed by atoms with Crippen molar-refractivity contribution in [1.82, 2.24) is 0 Å². The Morgan fingerprint density at radius 2 is 1.69 bits per heavy atom. The van der Waals surface area contributed by atoms with Crippen LogP contribution in [0.15, 0.2) is 24.3 Å². The summed E-state index contributed by atoms with van der Waals surface area (Å²) in [6.45, 7) is 5.26. The summed E-state index contributed by atoms with van der Waals surface area (Å²) >= 11 is 0. The van der Waals surface area contributed by atoms with E-state index in [1.165, 1.54) is 19.2 Å². The molecule has 1 rings (SSSR count). The molecule has 2 atom stereocenters. The molecule has 10 heteroatoms. The Hall–Kier alpha value is -2.01. The number of aliphatic hydroxyl groups excluding tert-OH is 1. The molecule has 1 aromatic carbocycles. The Bertz CT molecular complexity index is 779. The molecule has 0 saturated carbocycles. The van der Waals surface area contributed by atoms with E-state index in [2.05, 4.69) is 0 Å². The summed E-state index contributed by atoms with van der Waals surface area (Å²) in [5.41, 5.74) is 0.118. The number of ether oxygens (including phenoxy) is 3. The lowest BCUT2D eigenvalue weighted by Gasteiger charge is -2.24. The molecule has 0 amide bonds. The molecule has 0 saturated heterocycles. The standard InChI is InChI=1S/C19H28O9S/c1-19(2,3)28-17(21)12-14(18(22)26-4)11-13-5-7-15(8-6-13)27-16(20)9-10-29(23,24)25/h5-8,14,18,22H,9-12H2,1-4H3,(H,23,24,25). The number of hydrogen-bond donors (Lipinski definition) is 2. The van der Waals surface area contributed by atoms with Crippen LogP contribution in [0.25, 0.3) is 0 Å². The Morgan fingerprint density at radius 1 is 1.10 bits per heavy atom. The molecule has 0 fully saturated rings. The highest BCUT2D eigenvalue weighted by Crippen LogP contribution is 2.22. The number of methoxy groups -OCH3 is 1. The van der Waals surface area contributed by atoms with Crippen LogP contribution in [0, 0.1) is 5.92 Å². The topological polar surface area (TPSA) is 136 Å². The van der Waals surface area contributed by atoms with Crippen molar-refractivity contribution in [3.05, 3.63) is 29.8 Å². The van der Waals surface area contributed by atoms with Crippen LogP contribution in [-0.4, -0.2) is 54.8 Å². The number of carbonyl (C=O) groups is 2. The number of aliphatic hydroxyl groups is 1. The second-order valence-corrected chi connectivity index (χ2v) is 9.11. The number of carbonyl (C=O) groups excluding carboxylic acids is 2. The molecule has 0 heterocycles. The number of rotatable bonds is 10. The minimum absolute atomic E-state index is 0.0430. The number of benzene rings is 1. The van der Waals surface area contributed by atoms with Crippen LogP contribution in [0.5, 0.6) is 5.75 Å². The Kier molecular flexibility index (Phi) is 9.21. The van der Waals surface area contributed by atoms with Crippen LogP contribution in [0.2, 0.25) is 0 Å². The second kappa shape index (κ2) is 10.7. The molecule has 2 unspecified atom stereocenters. The SMILES string of the molecule is COC(O)C(CC(=O)OC(C)(C)C)Cc1ccc(OC(=O)CCS(=O)(=O)O)cc1. The van der Waals surface area contributed by atoms with E-state index in [-0.39, 0.29) is 12.2 Å². The van der Waals surface area contributed by atoms with Crippen LogP contribution in [-0.2, 0) is 35.6 Å². The molecule has 0 spiro atoms. The molecule has 1 aromatic rings. The van der Waals surface area contributed by atoms with E-state index in [1.54, 1.807) is 32.9 Å². The molecule has 0 aliphatic rings. The van der Waals surface area contributed by atoms with Gasteiger partial charge in [-0.25, -0.2) is 0 Å². The number of hydrogen-bond acceptors (Lipinski definition) is 8. The predicted molar refractivity (Wildman–Crippen MR) is 104 cm³/mol. The molecular weight excluding hydrogens is 404 g/mol. The van der Waals surface area contributed by atoms with Gasteiger partial charge in [0.2, 0.25) is 0 Å². The van der Waals surface area contributed by atoms with Crippen LogP contribution < -0.4 is 4.74 Å². The van der Waals surface area contributed by atoms with Gasteiger partial charge >= 0.3 is 11.9 Å². The van der Waals surface area contributed by atoms with Gasteiger partial charge in [-0.05, 0) is 44.9 Å².